The summed E-state index contributed by atoms with van der Waals surface area (Å²) in [5.41, 5.74) is 1.97. The highest BCUT2D eigenvalue weighted by Gasteiger charge is 2.17. The number of hydrogen-bond donors (Lipinski definition) is 1. The van der Waals surface area contributed by atoms with Gasteiger partial charge in [-0.1, -0.05) is 52.2 Å². The van der Waals surface area contributed by atoms with E-state index in [-0.39, 0.29) is 5.41 Å². The Morgan fingerprint density at radius 3 is 2.55 bits per heavy atom. The molecule has 0 aliphatic carbocycles. The topological polar surface area (TPSA) is 50.7 Å². The third-order valence-corrected chi connectivity index (χ3v) is 3.54. The van der Waals surface area contributed by atoms with Gasteiger partial charge in [-0.2, -0.15) is 0 Å². The van der Waals surface area contributed by atoms with E-state index in [4.69, 9.17) is 0 Å². The Morgan fingerprint density at radius 1 is 1.05 bits per heavy atom. The summed E-state index contributed by atoms with van der Waals surface area (Å²) < 4.78 is 0. The molecule has 0 saturated carbocycles. The van der Waals surface area contributed by atoms with Crippen LogP contribution in [-0.2, 0) is 0 Å². The number of anilines is 1. The number of benzene rings is 1. The predicted octanol–water partition coefficient (Wildman–Crippen LogP) is 4.04. The standard InChI is InChI=1S/C16H24N4/c1-4-5-8-11-16(2,3)12-17-15-18-13-9-6-7-10-14(13)19-20-15/h6-7,9-10H,4-5,8,11-12H2,1-3H3,(H,17,18,20). The SMILES string of the molecule is CCCCCC(C)(C)CNc1nnc2ccccc2n1. The average molecular weight is 272 g/mol. The van der Waals surface area contributed by atoms with Gasteiger partial charge in [0.2, 0.25) is 5.95 Å². The lowest BCUT2D eigenvalue weighted by Gasteiger charge is -2.24. The molecule has 4 nitrogen and oxygen atoms in total. The number of hydrogen-bond acceptors (Lipinski definition) is 4. The second kappa shape index (κ2) is 6.64. The van der Waals surface area contributed by atoms with E-state index in [2.05, 4.69) is 41.3 Å². The number of fused-ring (bicyclic) bond motifs is 1. The van der Waals surface area contributed by atoms with Gasteiger partial charge in [-0.15, -0.1) is 10.2 Å². The van der Waals surface area contributed by atoms with Crippen molar-refractivity contribution in [2.45, 2.75) is 46.5 Å². The fraction of sp³-hybridized carbons (Fsp3) is 0.562. The molecular weight excluding hydrogens is 248 g/mol. The molecule has 0 aliphatic rings. The zero-order valence-corrected chi connectivity index (χ0v) is 12.7. The van der Waals surface area contributed by atoms with Crippen molar-refractivity contribution < 1.29 is 0 Å². The van der Waals surface area contributed by atoms with Gasteiger partial charge in [-0.25, -0.2) is 4.98 Å². The van der Waals surface area contributed by atoms with Crippen LogP contribution in [0.15, 0.2) is 24.3 Å². The maximum atomic E-state index is 4.49. The number of unbranched alkanes of at least 4 members (excludes halogenated alkanes) is 2. The van der Waals surface area contributed by atoms with Gasteiger partial charge in [-0.05, 0) is 24.0 Å². The maximum Gasteiger partial charge on any atom is 0.243 e. The summed E-state index contributed by atoms with van der Waals surface area (Å²) in [4.78, 5) is 4.49. The minimum absolute atomic E-state index is 0.254. The number of nitrogens with one attached hydrogen (secondary N) is 1. The molecule has 1 heterocycles. The van der Waals surface area contributed by atoms with Crippen LogP contribution < -0.4 is 5.32 Å². The van der Waals surface area contributed by atoms with Crippen LogP contribution in [0.1, 0.15) is 46.5 Å². The highest BCUT2D eigenvalue weighted by atomic mass is 15.2. The molecule has 2 rings (SSSR count). The van der Waals surface area contributed by atoms with Crippen molar-refractivity contribution in [2.75, 3.05) is 11.9 Å². The lowest BCUT2D eigenvalue weighted by atomic mass is 9.87. The van der Waals surface area contributed by atoms with Crippen LogP contribution in [-0.4, -0.2) is 21.7 Å². The van der Waals surface area contributed by atoms with Crippen LogP contribution >= 0.6 is 0 Å². The van der Waals surface area contributed by atoms with Crippen LogP contribution in [0.5, 0.6) is 0 Å². The summed E-state index contributed by atoms with van der Waals surface area (Å²) in [6, 6.07) is 7.80. The number of nitrogens with zero attached hydrogens (tertiary/aromatic N) is 3. The second-order valence-electron chi connectivity index (χ2n) is 6.10. The first-order valence-corrected chi connectivity index (χ1v) is 7.44. The first-order chi connectivity index (χ1) is 9.61. The van der Waals surface area contributed by atoms with Crippen LogP contribution in [0.3, 0.4) is 0 Å². The van der Waals surface area contributed by atoms with Crippen LogP contribution in [0.2, 0.25) is 0 Å². The van der Waals surface area contributed by atoms with Gasteiger partial charge in [0.1, 0.15) is 5.52 Å². The van der Waals surface area contributed by atoms with E-state index < -0.39 is 0 Å². The summed E-state index contributed by atoms with van der Waals surface area (Å²) in [5, 5.41) is 11.6. The van der Waals surface area contributed by atoms with E-state index in [9.17, 15) is 0 Å². The van der Waals surface area contributed by atoms with E-state index >= 15 is 0 Å². The molecule has 1 aromatic heterocycles. The average Bonchev–Trinajstić information content (AvgIpc) is 2.45. The summed E-state index contributed by atoms with van der Waals surface area (Å²) in [5.74, 6) is 0.618. The van der Waals surface area contributed by atoms with Gasteiger partial charge in [-0.3, -0.25) is 0 Å². The van der Waals surface area contributed by atoms with Gasteiger partial charge in [0.25, 0.3) is 0 Å². The summed E-state index contributed by atoms with van der Waals surface area (Å²) >= 11 is 0. The predicted molar refractivity (Wildman–Crippen MR) is 83.7 cm³/mol. The molecule has 0 amide bonds. The Hall–Kier alpha value is -1.71. The Labute approximate surface area is 121 Å². The Kier molecular flexibility index (Phi) is 4.88. The molecule has 20 heavy (non-hydrogen) atoms. The van der Waals surface area contributed by atoms with Crippen molar-refractivity contribution in [3.8, 4) is 0 Å². The van der Waals surface area contributed by atoms with Crippen LogP contribution in [0, 0.1) is 5.41 Å². The normalized spacial score (nSPS) is 11.8. The minimum atomic E-state index is 0.254. The van der Waals surface area contributed by atoms with Crippen LogP contribution in [0.25, 0.3) is 11.0 Å². The van der Waals surface area contributed by atoms with Crippen molar-refractivity contribution in [1.82, 2.24) is 15.2 Å². The second-order valence-corrected chi connectivity index (χ2v) is 6.10. The van der Waals surface area contributed by atoms with Gasteiger partial charge in [0.15, 0.2) is 0 Å². The summed E-state index contributed by atoms with van der Waals surface area (Å²) in [6.45, 7) is 7.67. The Morgan fingerprint density at radius 2 is 1.80 bits per heavy atom. The monoisotopic (exact) mass is 272 g/mol. The Balaban J connectivity index is 1.94. The van der Waals surface area contributed by atoms with Crippen molar-refractivity contribution in [1.29, 1.82) is 0 Å². The summed E-state index contributed by atoms with van der Waals surface area (Å²) in [7, 11) is 0. The van der Waals surface area contributed by atoms with Gasteiger partial charge in [0.05, 0.1) is 5.52 Å². The molecule has 0 atom stereocenters. The van der Waals surface area contributed by atoms with E-state index in [0.29, 0.717) is 5.95 Å². The van der Waals surface area contributed by atoms with Crippen LogP contribution in [0.4, 0.5) is 5.95 Å². The highest BCUT2D eigenvalue weighted by molar-refractivity contribution is 5.73. The van der Waals surface area contributed by atoms with Crippen molar-refractivity contribution in [3.05, 3.63) is 24.3 Å². The molecule has 1 N–H and O–H groups in total. The fourth-order valence-electron chi connectivity index (χ4n) is 2.22. The quantitative estimate of drug-likeness (QED) is 0.773. The van der Waals surface area contributed by atoms with Gasteiger partial charge >= 0.3 is 0 Å². The zero-order chi connectivity index (χ0) is 14.4. The molecule has 0 bridgehead atoms. The zero-order valence-electron chi connectivity index (χ0n) is 12.7. The minimum Gasteiger partial charge on any atom is -0.352 e. The van der Waals surface area contributed by atoms with E-state index in [1.165, 1.54) is 25.7 Å². The van der Waals surface area contributed by atoms with E-state index in [0.717, 1.165) is 17.6 Å². The largest absolute Gasteiger partial charge is 0.352 e. The molecule has 4 heteroatoms. The Bertz CT molecular complexity index is 551. The molecule has 0 unspecified atom stereocenters. The fourth-order valence-corrected chi connectivity index (χ4v) is 2.22. The first-order valence-electron chi connectivity index (χ1n) is 7.44. The molecule has 0 saturated heterocycles. The number of aromatic nitrogens is 3. The number of para-hydroxylation sites is 1. The molecule has 0 fully saturated rings. The highest BCUT2D eigenvalue weighted by Crippen LogP contribution is 2.23. The molecule has 0 radical (unpaired) electrons. The lowest BCUT2D eigenvalue weighted by molar-refractivity contribution is 0.342. The van der Waals surface area contributed by atoms with Gasteiger partial charge < -0.3 is 5.32 Å². The van der Waals surface area contributed by atoms with E-state index in [1.54, 1.807) is 0 Å². The smallest absolute Gasteiger partial charge is 0.243 e. The molecular formula is C16H24N4. The summed E-state index contributed by atoms with van der Waals surface area (Å²) in [6.07, 6.45) is 5.07. The molecule has 1 aromatic carbocycles. The van der Waals surface area contributed by atoms with E-state index in [1.807, 2.05) is 24.3 Å². The maximum absolute atomic E-state index is 4.49. The third-order valence-electron chi connectivity index (χ3n) is 3.54. The molecule has 0 aliphatic heterocycles. The first kappa shape index (κ1) is 14.7. The number of rotatable bonds is 7. The molecule has 2 aromatic rings. The molecule has 108 valence electrons. The van der Waals surface area contributed by atoms with Crippen molar-refractivity contribution in [3.63, 3.8) is 0 Å². The lowest BCUT2D eigenvalue weighted by Crippen LogP contribution is -2.24. The third kappa shape index (κ3) is 4.15. The van der Waals surface area contributed by atoms with Crippen molar-refractivity contribution in [2.24, 2.45) is 5.41 Å². The molecule has 0 spiro atoms. The van der Waals surface area contributed by atoms with Crippen molar-refractivity contribution >= 4 is 17.0 Å². The van der Waals surface area contributed by atoms with Gasteiger partial charge in [0, 0.05) is 6.54 Å².